The van der Waals surface area contributed by atoms with Gasteiger partial charge < -0.3 is 9.32 Å². The molecule has 2 aromatic heterocycles. The van der Waals surface area contributed by atoms with Crippen LogP contribution in [0.15, 0.2) is 81.1 Å². The lowest BCUT2D eigenvalue weighted by atomic mass is 10.1. The third-order valence-electron chi connectivity index (χ3n) is 3.88. The number of hydrogen-bond donors (Lipinski definition) is 0. The average Bonchev–Trinajstić information content (AvgIpc) is 2.96. The second kappa shape index (κ2) is 6.02. The summed E-state index contributed by atoms with van der Waals surface area (Å²) in [7, 11) is 0. The van der Waals surface area contributed by atoms with Crippen molar-refractivity contribution < 1.29 is 4.42 Å². The van der Waals surface area contributed by atoms with E-state index < -0.39 is 0 Å². The van der Waals surface area contributed by atoms with Crippen LogP contribution in [-0.2, 0) is 6.54 Å². The zero-order chi connectivity index (χ0) is 16.5. The monoisotopic (exact) mass is 334 g/mol. The van der Waals surface area contributed by atoms with Gasteiger partial charge in [-0.3, -0.25) is 4.98 Å². The molecule has 3 heterocycles. The highest BCUT2D eigenvalue weighted by molar-refractivity contribution is 8.06. The number of aromatic nitrogens is 1. The number of fused-ring (bicyclic) bond motifs is 1. The van der Waals surface area contributed by atoms with Gasteiger partial charge in [0, 0.05) is 23.2 Å². The molecule has 0 spiro atoms. The summed E-state index contributed by atoms with van der Waals surface area (Å²) < 4.78 is 5.46. The third kappa shape index (κ3) is 2.63. The number of benzene rings is 1. The van der Waals surface area contributed by atoms with Crippen LogP contribution in [0.3, 0.4) is 0 Å². The Labute approximate surface area is 143 Å². The molecular formula is C19H14N2O2S. The van der Waals surface area contributed by atoms with Crippen LogP contribution in [0.5, 0.6) is 0 Å². The SMILES string of the molecule is C=C1SC=C(c2cc3ccccc3oc2=O)N1Cc1cccnc1. The first-order chi connectivity index (χ1) is 11.7. The van der Waals surface area contributed by atoms with Gasteiger partial charge in [-0.25, -0.2) is 4.79 Å². The molecule has 0 saturated carbocycles. The maximum atomic E-state index is 12.4. The molecule has 5 heteroatoms. The molecule has 1 aromatic carbocycles. The van der Waals surface area contributed by atoms with E-state index in [9.17, 15) is 4.79 Å². The fraction of sp³-hybridized carbons (Fsp3) is 0.0526. The van der Waals surface area contributed by atoms with Gasteiger partial charge in [-0.05, 0) is 23.8 Å². The summed E-state index contributed by atoms with van der Waals surface area (Å²) in [6, 6.07) is 13.3. The Hall–Kier alpha value is -2.79. The Bertz CT molecular complexity index is 1010. The van der Waals surface area contributed by atoms with Crippen molar-refractivity contribution >= 4 is 28.4 Å². The first-order valence-corrected chi connectivity index (χ1v) is 8.36. The smallest absolute Gasteiger partial charge is 0.345 e. The molecule has 0 radical (unpaired) electrons. The van der Waals surface area contributed by atoms with Crippen molar-refractivity contribution in [1.82, 2.24) is 9.88 Å². The van der Waals surface area contributed by atoms with Gasteiger partial charge in [0.1, 0.15) is 5.58 Å². The molecule has 1 aliphatic heterocycles. The second-order valence-corrected chi connectivity index (χ2v) is 6.39. The normalized spacial score (nSPS) is 14.2. The Morgan fingerprint density at radius 3 is 2.92 bits per heavy atom. The van der Waals surface area contributed by atoms with Crippen molar-refractivity contribution in [2.75, 3.05) is 0 Å². The van der Waals surface area contributed by atoms with Gasteiger partial charge in [-0.15, -0.1) is 0 Å². The number of nitrogens with zero attached hydrogens (tertiary/aromatic N) is 2. The van der Waals surface area contributed by atoms with Gasteiger partial charge in [-0.1, -0.05) is 42.6 Å². The summed E-state index contributed by atoms with van der Waals surface area (Å²) in [4.78, 5) is 18.6. The molecule has 24 heavy (non-hydrogen) atoms. The summed E-state index contributed by atoms with van der Waals surface area (Å²) in [5, 5.41) is 3.72. The molecule has 4 nitrogen and oxygen atoms in total. The van der Waals surface area contributed by atoms with Crippen molar-refractivity contribution in [2.45, 2.75) is 6.54 Å². The minimum atomic E-state index is -0.341. The fourth-order valence-electron chi connectivity index (χ4n) is 2.68. The van der Waals surface area contributed by atoms with Gasteiger partial charge in [0.25, 0.3) is 0 Å². The van der Waals surface area contributed by atoms with E-state index in [0.717, 1.165) is 21.7 Å². The quantitative estimate of drug-likeness (QED) is 0.672. The summed E-state index contributed by atoms with van der Waals surface area (Å²) >= 11 is 1.51. The Morgan fingerprint density at radius 1 is 1.21 bits per heavy atom. The van der Waals surface area contributed by atoms with Gasteiger partial charge in [0.15, 0.2) is 0 Å². The molecule has 0 unspecified atom stereocenters. The number of hydrogen-bond acceptors (Lipinski definition) is 5. The molecular weight excluding hydrogens is 320 g/mol. The van der Waals surface area contributed by atoms with Gasteiger partial charge in [-0.2, -0.15) is 0 Å². The van der Waals surface area contributed by atoms with Crippen LogP contribution in [0.2, 0.25) is 0 Å². The molecule has 0 N–H and O–H groups in total. The van der Waals surface area contributed by atoms with Crippen LogP contribution >= 0.6 is 11.8 Å². The molecule has 0 saturated heterocycles. The summed E-state index contributed by atoms with van der Waals surface area (Å²) in [5.74, 6) is 0. The second-order valence-electron chi connectivity index (χ2n) is 5.45. The van der Waals surface area contributed by atoms with E-state index in [4.69, 9.17) is 4.42 Å². The lowest BCUT2D eigenvalue weighted by Gasteiger charge is -2.22. The molecule has 0 aliphatic carbocycles. The Morgan fingerprint density at radius 2 is 2.08 bits per heavy atom. The first kappa shape index (κ1) is 14.8. The Kier molecular flexibility index (Phi) is 3.70. The van der Waals surface area contributed by atoms with E-state index in [1.165, 1.54) is 11.8 Å². The van der Waals surface area contributed by atoms with Crippen LogP contribution < -0.4 is 5.63 Å². The van der Waals surface area contributed by atoms with Crippen molar-refractivity contribution in [3.8, 4) is 0 Å². The van der Waals surface area contributed by atoms with Crippen LogP contribution in [0.25, 0.3) is 16.7 Å². The lowest BCUT2D eigenvalue weighted by Crippen LogP contribution is -2.20. The molecule has 0 atom stereocenters. The van der Waals surface area contributed by atoms with E-state index in [1.807, 2.05) is 52.9 Å². The van der Waals surface area contributed by atoms with Crippen LogP contribution in [0.4, 0.5) is 0 Å². The molecule has 118 valence electrons. The van der Waals surface area contributed by atoms with Gasteiger partial charge in [0.2, 0.25) is 0 Å². The summed E-state index contributed by atoms with van der Waals surface area (Å²) in [5.41, 5.74) is 2.66. The van der Waals surface area contributed by atoms with Crippen LogP contribution in [-0.4, -0.2) is 9.88 Å². The van der Waals surface area contributed by atoms with Crippen molar-refractivity contribution in [3.05, 3.63) is 93.4 Å². The minimum absolute atomic E-state index is 0.341. The zero-order valence-corrected chi connectivity index (χ0v) is 13.6. The zero-order valence-electron chi connectivity index (χ0n) is 12.8. The topological polar surface area (TPSA) is 46.3 Å². The first-order valence-electron chi connectivity index (χ1n) is 7.48. The van der Waals surface area contributed by atoms with Crippen LogP contribution in [0.1, 0.15) is 11.1 Å². The maximum absolute atomic E-state index is 12.4. The standard InChI is InChI=1S/C19H14N2O2S/c1-13-21(11-14-5-4-8-20-10-14)17(12-24-13)16-9-15-6-2-3-7-18(15)23-19(16)22/h2-10,12H,1,11H2. The van der Waals surface area contributed by atoms with Crippen molar-refractivity contribution in [1.29, 1.82) is 0 Å². The van der Waals surface area contributed by atoms with E-state index in [1.54, 1.807) is 12.3 Å². The highest BCUT2D eigenvalue weighted by Crippen LogP contribution is 2.39. The fourth-order valence-corrected chi connectivity index (χ4v) is 3.47. The molecule has 4 rings (SSSR count). The molecule has 0 fully saturated rings. The third-order valence-corrected chi connectivity index (χ3v) is 4.71. The molecule has 1 aliphatic rings. The van der Waals surface area contributed by atoms with E-state index >= 15 is 0 Å². The summed E-state index contributed by atoms with van der Waals surface area (Å²) in [6.45, 7) is 4.69. The molecule has 3 aromatic rings. The minimum Gasteiger partial charge on any atom is -0.422 e. The van der Waals surface area contributed by atoms with E-state index in [2.05, 4.69) is 11.6 Å². The largest absolute Gasteiger partial charge is 0.422 e. The van der Waals surface area contributed by atoms with Gasteiger partial charge in [0.05, 0.1) is 22.8 Å². The highest BCUT2D eigenvalue weighted by Gasteiger charge is 2.24. The lowest BCUT2D eigenvalue weighted by molar-refractivity contribution is 0.509. The Balaban J connectivity index is 1.76. The number of para-hydroxylation sites is 1. The maximum Gasteiger partial charge on any atom is 0.345 e. The van der Waals surface area contributed by atoms with Crippen molar-refractivity contribution in [2.24, 2.45) is 0 Å². The molecule has 0 bridgehead atoms. The van der Waals surface area contributed by atoms with Crippen molar-refractivity contribution in [3.63, 3.8) is 0 Å². The van der Waals surface area contributed by atoms with Gasteiger partial charge >= 0.3 is 5.63 Å². The predicted molar refractivity (Wildman–Crippen MR) is 97.0 cm³/mol. The van der Waals surface area contributed by atoms with E-state index in [-0.39, 0.29) is 5.63 Å². The number of rotatable bonds is 3. The number of pyridine rings is 1. The highest BCUT2D eigenvalue weighted by atomic mass is 32.2. The van der Waals surface area contributed by atoms with Crippen LogP contribution in [0, 0.1) is 0 Å². The molecule has 0 amide bonds. The van der Waals surface area contributed by atoms with E-state index in [0.29, 0.717) is 17.7 Å². The summed E-state index contributed by atoms with van der Waals surface area (Å²) in [6.07, 6.45) is 3.56. The number of thioether (sulfide) groups is 1. The average molecular weight is 334 g/mol. The predicted octanol–water partition coefficient (Wildman–Crippen LogP) is 4.21.